The second-order valence-electron chi connectivity index (χ2n) is 7.60. The molecule has 3 aliphatic rings. The van der Waals surface area contributed by atoms with E-state index in [4.69, 9.17) is 4.74 Å². The predicted molar refractivity (Wildman–Crippen MR) is 101 cm³/mol. The average Bonchev–Trinajstić information content (AvgIpc) is 3.52. The minimum atomic E-state index is -0.902. The molecular formula is C19H25N5O4. The van der Waals surface area contributed by atoms with Gasteiger partial charge >= 0.3 is 6.03 Å². The van der Waals surface area contributed by atoms with E-state index in [1.165, 1.54) is 0 Å². The summed E-state index contributed by atoms with van der Waals surface area (Å²) in [6, 6.07) is 1.48. The molecule has 3 heterocycles. The van der Waals surface area contributed by atoms with Crippen LogP contribution >= 0.6 is 0 Å². The molecule has 0 radical (unpaired) electrons. The first-order chi connectivity index (χ1) is 13.5. The molecule has 0 aromatic carbocycles. The number of ether oxygens (including phenoxy) is 1. The van der Waals surface area contributed by atoms with Crippen LogP contribution in [-0.2, 0) is 9.59 Å². The van der Waals surface area contributed by atoms with Crippen LogP contribution in [-0.4, -0.2) is 66.6 Å². The highest BCUT2D eigenvalue weighted by Crippen LogP contribution is 2.43. The maximum atomic E-state index is 12.7. The summed E-state index contributed by atoms with van der Waals surface area (Å²) in [5.41, 5.74) is 0.0744. The molecule has 1 saturated carbocycles. The van der Waals surface area contributed by atoms with Gasteiger partial charge in [0.2, 0.25) is 5.91 Å². The van der Waals surface area contributed by atoms with Crippen molar-refractivity contribution < 1.29 is 19.1 Å². The Morgan fingerprint density at radius 3 is 2.61 bits per heavy atom. The number of anilines is 1. The first-order valence-corrected chi connectivity index (χ1v) is 9.67. The van der Waals surface area contributed by atoms with Gasteiger partial charge in [-0.05, 0) is 25.2 Å². The van der Waals surface area contributed by atoms with E-state index in [-0.39, 0.29) is 24.2 Å². The largest absolute Gasteiger partial charge is 0.495 e. The zero-order chi connectivity index (χ0) is 19.7. The highest BCUT2D eigenvalue weighted by molar-refractivity contribution is 6.07. The van der Waals surface area contributed by atoms with Gasteiger partial charge in [-0.15, -0.1) is 0 Å². The number of pyridine rings is 1. The van der Waals surface area contributed by atoms with Crippen LogP contribution in [0.2, 0.25) is 0 Å². The fourth-order valence-electron chi connectivity index (χ4n) is 4.12. The van der Waals surface area contributed by atoms with Crippen LogP contribution in [0.25, 0.3) is 0 Å². The summed E-state index contributed by atoms with van der Waals surface area (Å²) in [5, 5.41) is 5.11. The minimum absolute atomic E-state index is 0.0254. The predicted octanol–water partition coefficient (Wildman–Crippen LogP) is 0.507. The van der Waals surface area contributed by atoms with Gasteiger partial charge in [0, 0.05) is 38.7 Å². The van der Waals surface area contributed by atoms with Gasteiger partial charge in [-0.3, -0.25) is 19.9 Å². The third-order valence-corrected chi connectivity index (χ3v) is 5.91. The molecule has 1 aromatic heterocycles. The average molecular weight is 387 g/mol. The number of urea groups is 1. The second kappa shape index (κ2) is 7.29. The number of carbonyl (C=O) groups excluding carboxylic acids is 3. The van der Waals surface area contributed by atoms with Gasteiger partial charge in [-0.2, -0.15) is 0 Å². The lowest BCUT2D eigenvalue weighted by Gasteiger charge is -2.36. The summed E-state index contributed by atoms with van der Waals surface area (Å²) >= 11 is 0. The fraction of sp³-hybridized carbons (Fsp3) is 0.579. The molecule has 2 N–H and O–H groups in total. The molecule has 4 amide bonds. The number of hydrogen-bond acceptors (Lipinski definition) is 6. The molecule has 1 atom stereocenters. The second-order valence-corrected chi connectivity index (χ2v) is 7.60. The van der Waals surface area contributed by atoms with Crippen LogP contribution in [0.1, 0.15) is 25.7 Å². The van der Waals surface area contributed by atoms with Crippen molar-refractivity contribution in [3.05, 3.63) is 18.5 Å². The Morgan fingerprint density at radius 2 is 2.00 bits per heavy atom. The molecule has 1 aromatic rings. The lowest BCUT2D eigenvalue weighted by molar-refractivity contribution is -0.132. The first-order valence-electron chi connectivity index (χ1n) is 9.67. The Kier molecular flexibility index (Phi) is 4.82. The van der Waals surface area contributed by atoms with E-state index in [9.17, 15) is 14.4 Å². The number of amides is 4. The summed E-state index contributed by atoms with van der Waals surface area (Å²) in [7, 11) is 1.61. The molecule has 1 unspecified atom stereocenters. The molecule has 0 bridgehead atoms. The van der Waals surface area contributed by atoms with Crippen molar-refractivity contribution in [2.75, 3.05) is 38.2 Å². The maximum Gasteiger partial charge on any atom is 0.322 e. The summed E-state index contributed by atoms with van der Waals surface area (Å²) < 4.78 is 5.22. The molecule has 150 valence electrons. The van der Waals surface area contributed by atoms with E-state index >= 15 is 0 Å². The van der Waals surface area contributed by atoms with Crippen LogP contribution in [0.3, 0.4) is 0 Å². The number of methoxy groups -OCH3 is 1. The van der Waals surface area contributed by atoms with Gasteiger partial charge in [0.05, 0.1) is 25.2 Å². The number of aromatic nitrogens is 1. The van der Waals surface area contributed by atoms with Crippen molar-refractivity contribution in [1.29, 1.82) is 0 Å². The monoisotopic (exact) mass is 387 g/mol. The molecule has 2 saturated heterocycles. The van der Waals surface area contributed by atoms with E-state index in [1.54, 1.807) is 19.5 Å². The van der Waals surface area contributed by atoms with E-state index in [0.29, 0.717) is 38.3 Å². The molecular weight excluding hydrogens is 362 g/mol. The lowest BCUT2D eigenvalue weighted by atomic mass is 9.87. The SMILES string of the molecule is COc1cncc(N2CCN(C(=O)CCC3(C4CC4)NC(=O)NC3=O)CC2)c1. The van der Waals surface area contributed by atoms with Gasteiger partial charge in [0.15, 0.2) is 0 Å². The molecule has 0 spiro atoms. The van der Waals surface area contributed by atoms with Gasteiger partial charge < -0.3 is 19.9 Å². The van der Waals surface area contributed by atoms with E-state index in [2.05, 4.69) is 20.5 Å². The van der Waals surface area contributed by atoms with Crippen molar-refractivity contribution >= 4 is 23.5 Å². The number of nitrogens with one attached hydrogen (secondary N) is 2. The van der Waals surface area contributed by atoms with Crippen molar-refractivity contribution in [2.24, 2.45) is 5.92 Å². The van der Waals surface area contributed by atoms with Gasteiger partial charge in [-0.25, -0.2) is 4.79 Å². The smallest absolute Gasteiger partial charge is 0.322 e. The molecule has 3 fully saturated rings. The van der Waals surface area contributed by atoms with Crippen LogP contribution in [0.4, 0.5) is 10.5 Å². The molecule has 9 heteroatoms. The van der Waals surface area contributed by atoms with E-state index in [1.807, 2.05) is 11.0 Å². The van der Waals surface area contributed by atoms with Gasteiger partial charge in [-0.1, -0.05) is 0 Å². The topological polar surface area (TPSA) is 104 Å². The Morgan fingerprint density at radius 1 is 1.25 bits per heavy atom. The van der Waals surface area contributed by atoms with Crippen LogP contribution in [0, 0.1) is 5.92 Å². The maximum absolute atomic E-state index is 12.7. The highest BCUT2D eigenvalue weighted by atomic mass is 16.5. The lowest BCUT2D eigenvalue weighted by Crippen LogP contribution is -2.51. The standard InChI is InChI=1S/C19H25N5O4/c1-28-15-10-14(11-20-12-15)23-6-8-24(9-7-23)16(25)4-5-19(13-2-3-13)17(26)21-18(27)22-19/h10-13H,2-9H2,1H3,(H2,21,22,26,27). The Hall–Kier alpha value is -2.84. The van der Waals surface area contributed by atoms with Crippen LogP contribution in [0.5, 0.6) is 5.75 Å². The number of imide groups is 1. The Labute approximate surface area is 163 Å². The number of rotatable bonds is 6. The van der Waals surface area contributed by atoms with E-state index in [0.717, 1.165) is 18.5 Å². The fourth-order valence-corrected chi connectivity index (χ4v) is 4.12. The number of nitrogens with zero attached hydrogens (tertiary/aromatic N) is 3. The summed E-state index contributed by atoms with van der Waals surface area (Å²) in [6.45, 7) is 2.66. The van der Waals surface area contributed by atoms with Crippen molar-refractivity contribution in [2.45, 2.75) is 31.2 Å². The first kappa shape index (κ1) is 18.5. The van der Waals surface area contributed by atoms with Gasteiger partial charge in [0.1, 0.15) is 11.3 Å². The molecule has 28 heavy (non-hydrogen) atoms. The summed E-state index contributed by atoms with van der Waals surface area (Å²) in [5.74, 6) is 0.586. The Bertz CT molecular complexity index is 788. The number of hydrogen-bond donors (Lipinski definition) is 2. The highest BCUT2D eigenvalue weighted by Gasteiger charge is 2.55. The normalized spacial score (nSPS) is 24.8. The third-order valence-electron chi connectivity index (χ3n) is 5.91. The van der Waals surface area contributed by atoms with Crippen molar-refractivity contribution in [3.8, 4) is 5.75 Å². The molecule has 1 aliphatic carbocycles. The Balaban J connectivity index is 1.32. The van der Waals surface area contributed by atoms with Crippen molar-refractivity contribution in [3.63, 3.8) is 0 Å². The number of carbonyl (C=O) groups is 3. The quantitative estimate of drug-likeness (QED) is 0.689. The summed E-state index contributed by atoms with van der Waals surface area (Å²) in [4.78, 5) is 44.8. The minimum Gasteiger partial charge on any atom is -0.495 e. The van der Waals surface area contributed by atoms with Crippen molar-refractivity contribution in [1.82, 2.24) is 20.5 Å². The summed E-state index contributed by atoms with van der Waals surface area (Å²) in [6.07, 6.45) is 5.89. The third kappa shape index (κ3) is 3.48. The number of piperazine rings is 1. The molecule has 9 nitrogen and oxygen atoms in total. The van der Waals surface area contributed by atoms with E-state index < -0.39 is 11.6 Å². The zero-order valence-electron chi connectivity index (χ0n) is 15.9. The van der Waals surface area contributed by atoms with Gasteiger partial charge in [0.25, 0.3) is 5.91 Å². The molecule has 2 aliphatic heterocycles. The van der Waals surface area contributed by atoms with Crippen LogP contribution in [0.15, 0.2) is 18.5 Å². The zero-order valence-corrected chi connectivity index (χ0v) is 15.9. The van der Waals surface area contributed by atoms with Crippen LogP contribution < -0.4 is 20.3 Å². The molecule has 4 rings (SSSR count).